The minimum absolute atomic E-state index is 0.109. The molecule has 2 N–H and O–H groups in total. The summed E-state index contributed by atoms with van der Waals surface area (Å²) in [6, 6.07) is 19.3. The van der Waals surface area contributed by atoms with Gasteiger partial charge in [-0.15, -0.1) is 0 Å². The van der Waals surface area contributed by atoms with Crippen LogP contribution >= 0.6 is 11.6 Å². The molecule has 3 aromatic carbocycles. The molecule has 0 radical (unpaired) electrons. The minimum Gasteiger partial charge on any atom is -0.490 e. The van der Waals surface area contributed by atoms with Crippen molar-refractivity contribution >= 4 is 33.3 Å². The van der Waals surface area contributed by atoms with Gasteiger partial charge in [-0.1, -0.05) is 29.8 Å². The first-order valence-electron chi connectivity index (χ1n) is 9.27. The molecule has 0 saturated heterocycles. The Kier molecular flexibility index (Phi) is 7.38. The Morgan fingerprint density at radius 2 is 1.55 bits per heavy atom. The van der Waals surface area contributed by atoms with Crippen LogP contribution in [0.15, 0.2) is 77.7 Å². The molecule has 9 heteroatoms. The Morgan fingerprint density at radius 1 is 0.903 bits per heavy atom. The van der Waals surface area contributed by atoms with Gasteiger partial charge in [-0.05, 0) is 54.6 Å². The molecule has 0 amide bonds. The number of hydrogen-bond acceptors (Lipinski definition) is 5. The van der Waals surface area contributed by atoms with Crippen molar-refractivity contribution in [2.75, 3.05) is 17.9 Å². The molecular weight excluding hydrogens is 442 g/mol. The maximum Gasteiger partial charge on any atom is 0.307 e. The summed E-state index contributed by atoms with van der Waals surface area (Å²) in [7, 11) is -3.72. The molecule has 0 unspecified atom stereocenters. The Labute approximate surface area is 185 Å². The molecule has 0 aliphatic rings. The topological polar surface area (TPSA) is 102 Å². The van der Waals surface area contributed by atoms with Crippen LogP contribution in [-0.2, 0) is 21.2 Å². The lowest BCUT2D eigenvalue weighted by atomic mass is 10.1. The van der Waals surface area contributed by atoms with Gasteiger partial charge < -0.3 is 14.6 Å². The maximum atomic E-state index is 12.4. The van der Waals surface area contributed by atoms with Crippen molar-refractivity contribution in [3.05, 3.63) is 83.4 Å². The molecule has 0 heterocycles. The second kappa shape index (κ2) is 10.2. The van der Waals surface area contributed by atoms with Crippen molar-refractivity contribution in [3.8, 4) is 11.5 Å². The molecule has 31 heavy (non-hydrogen) atoms. The number of carboxylic acid groups (broad SMARTS) is 1. The molecule has 162 valence electrons. The summed E-state index contributed by atoms with van der Waals surface area (Å²) in [5.41, 5.74) is 0.980. The van der Waals surface area contributed by atoms with E-state index in [-0.39, 0.29) is 24.5 Å². The van der Waals surface area contributed by atoms with Gasteiger partial charge >= 0.3 is 5.97 Å². The molecule has 0 saturated carbocycles. The number of sulfonamides is 1. The standard InChI is InChI=1S/C22H20ClNO6S/c23-17-5-11-20(12-6-17)31(27,28)24-18-7-9-19(10-8-18)29-13-14-30-21-4-2-1-3-16(21)15-22(25)26/h1-12,24H,13-15H2,(H,25,26). The van der Waals surface area contributed by atoms with Crippen molar-refractivity contribution in [2.24, 2.45) is 0 Å². The molecular formula is C22H20ClNO6S. The first-order valence-corrected chi connectivity index (χ1v) is 11.1. The van der Waals surface area contributed by atoms with Gasteiger partial charge in [0.15, 0.2) is 0 Å². The highest BCUT2D eigenvalue weighted by Gasteiger charge is 2.14. The van der Waals surface area contributed by atoms with Gasteiger partial charge in [0, 0.05) is 16.3 Å². The van der Waals surface area contributed by atoms with E-state index < -0.39 is 16.0 Å². The summed E-state index contributed by atoms with van der Waals surface area (Å²) in [6.07, 6.45) is -0.121. The van der Waals surface area contributed by atoms with Crippen LogP contribution in [0.4, 0.5) is 5.69 Å². The summed E-state index contributed by atoms with van der Waals surface area (Å²) in [5, 5.41) is 9.41. The molecule has 3 rings (SSSR count). The highest BCUT2D eigenvalue weighted by molar-refractivity contribution is 7.92. The molecule has 3 aromatic rings. The Bertz CT molecular complexity index is 1130. The smallest absolute Gasteiger partial charge is 0.307 e. The predicted octanol–water partition coefficient (Wildman–Crippen LogP) is 4.23. The van der Waals surface area contributed by atoms with Crippen molar-refractivity contribution in [1.29, 1.82) is 0 Å². The van der Waals surface area contributed by atoms with E-state index in [1.807, 2.05) is 0 Å². The fraction of sp³-hybridized carbons (Fsp3) is 0.136. The van der Waals surface area contributed by atoms with Gasteiger partial charge in [0.05, 0.1) is 11.3 Å². The molecule has 0 aliphatic heterocycles. The fourth-order valence-corrected chi connectivity index (χ4v) is 3.90. The van der Waals surface area contributed by atoms with Crippen LogP contribution in [0, 0.1) is 0 Å². The van der Waals surface area contributed by atoms with Crippen LogP contribution < -0.4 is 14.2 Å². The molecule has 7 nitrogen and oxygen atoms in total. The first kappa shape index (κ1) is 22.5. The summed E-state index contributed by atoms with van der Waals surface area (Å²) >= 11 is 5.79. The predicted molar refractivity (Wildman–Crippen MR) is 117 cm³/mol. The summed E-state index contributed by atoms with van der Waals surface area (Å²) in [6.45, 7) is 0.457. The number of hydrogen-bond donors (Lipinski definition) is 2. The lowest BCUT2D eigenvalue weighted by Gasteiger charge is -2.12. The Hall–Kier alpha value is -3.23. The van der Waals surface area contributed by atoms with Gasteiger partial charge in [0.1, 0.15) is 24.7 Å². The number of rotatable bonds is 10. The zero-order valence-electron chi connectivity index (χ0n) is 16.3. The average molecular weight is 462 g/mol. The highest BCUT2D eigenvalue weighted by Crippen LogP contribution is 2.21. The maximum absolute atomic E-state index is 12.4. The van der Waals surface area contributed by atoms with E-state index in [1.165, 1.54) is 24.3 Å². The number of aliphatic carboxylic acids is 1. The third kappa shape index (κ3) is 6.63. The SMILES string of the molecule is O=C(O)Cc1ccccc1OCCOc1ccc(NS(=O)(=O)c2ccc(Cl)cc2)cc1. The summed E-state index contributed by atoms with van der Waals surface area (Å²) < 4.78 is 38.5. The third-order valence-electron chi connectivity index (χ3n) is 4.15. The van der Waals surface area contributed by atoms with Crippen LogP contribution in [0.3, 0.4) is 0 Å². The van der Waals surface area contributed by atoms with Crippen LogP contribution in [0.25, 0.3) is 0 Å². The lowest BCUT2D eigenvalue weighted by Crippen LogP contribution is -2.13. The van der Waals surface area contributed by atoms with Crippen LogP contribution in [0.5, 0.6) is 11.5 Å². The Morgan fingerprint density at radius 3 is 2.23 bits per heavy atom. The van der Waals surface area contributed by atoms with E-state index in [1.54, 1.807) is 48.5 Å². The highest BCUT2D eigenvalue weighted by atomic mass is 35.5. The molecule has 0 aromatic heterocycles. The fourth-order valence-electron chi connectivity index (χ4n) is 2.71. The summed E-state index contributed by atoms with van der Waals surface area (Å²) in [5.74, 6) is 0.108. The van der Waals surface area contributed by atoms with Gasteiger partial charge in [0.25, 0.3) is 10.0 Å². The number of halogens is 1. The second-order valence-corrected chi connectivity index (χ2v) is 8.58. The zero-order valence-corrected chi connectivity index (χ0v) is 17.9. The van der Waals surface area contributed by atoms with Crippen molar-refractivity contribution in [1.82, 2.24) is 0 Å². The van der Waals surface area contributed by atoms with Crippen LogP contribution in [-0.4, -0.2) is 32.7 Å². The number of benzene rings is 3. The summed E-state index contributed by atoms with van der Waals surface area (Å²) in [4.78, 5) is 11.0. The Balaban J connectivity index is 1.51. The van der Waals surface area contributed by atoms with Crippen LogP contribution in [0.1, 0.15) is 5.56 Å². The lowest BCUT2D eigenvalue weighted by molar-refractivity contribution is -0.136. The van der Waals surface area contributed by atoms with E-state index in [0.717, 1.165) is 0 Å². The molecule has 0 aliphatic carbocycles. The number of para-hydroxylation sites is 1. The molecule has 0 fully saturated rings. The third-order valence-corrected chi connectivity index (χ3v) is 5.80. The molecule has 0 bridgehead atoms. The second-order valence-electron chi connectivity index (χ2n) is 6.46. The van der Waals surface area contributed by atoms with Crippen LogP contribution in [0.2, 0.25) is 5.02 Å². The van der Waals surface area contributed by atoms with Crippen molar-refractivity contribution in [3.63, 3.8) is 0 Å². The van der Waals surface area contributed by atoms with E-state index in [9.17, 15) is 13.2 Å². The zero-order chi connectivity index (χ0) is 22.3. The number of carbonyl (C=O) groups is 1. The first-order chi connectivity index (χ1) is 14.8. The van der Waals surface area contributed by atoms with Crippen molar-refractivity contribution < 1.29 is 27.8 Å². The van der Waals surface area contributed by atoms with Gasteiger partial charge in [-0.25, -0.2) is 8.42 Å². The van der Waals surface area contributed by atoms with E-state index in [0.29, 0.717) is 27.8 Å². The number of anilines is 1. The van der Waals surface area contributed by atoms with E-state index in [2.05, 4.69) is 4.72 Å². The van der Waals surface area contributed by atoms with Gasteiger partial charge in [-0.2, -0.15) is 0 Å². The largest absolute Gasteiger partial charge is 0.490 e. The molecule has 0 spiro atoms. The van der Waals surface area contributed by atoms with Gasteiger partial charge in [-0.3, -0.25) is 9.52 Å². The monoisotopic (exact) mass is 461 g/mol. The van der Waals surface area contributed by atoms with E-state index >= 15 is 0 Å². The van der Waals surface area contributed by atoms with E-state index in [4.69, 9.17) is 26.2 Å². The number of carboxylic acids is 1. The average Bonchev–Trinajstić information content (AvgIpc) is 2.73. The quantitative estimate of drug-likeness (QED) is 0.438. The van der Waals surface area contributed by atoms with Crippen molar-refractivity contribution in [2.45, 2.75) is 11.3 Å². The molecule has 0 atom stereocenters. The number of ether oxygens (including phenoxy) is 2. The minimum atomic E-state index is -3.72. The number of nitrogens with one attached hydrogen (secondary N) is 1. The van der Waals surface area contributed by atoms with Gasteiger partial charge in [0.2, 0.25) is 0 Å². The normalized spacial score (nSPS) is 11.0.